The van der Waals surface area contributed by atoms with Gasteiger partial charge in [-0.1, -0.05) is 25.5 Å². The minimum absolute atomic E-state index is 0.326. The van der Waals surface area contributed by atoms with Crippen LogP contribution in [-0.4, -0.2) is 11.7 Å². The number of rotatable bonds is 1. The van der Waals surface area contributed by atoms with E-state index in [1.807, 2.05) is 0 Å². The first kappa shape index (κ1) is 9.26. The van der Waals surface area contributed by atoms with E-state index >= 15 is 0 Å². The summed E-state index contributed by atoms with van der Waals surface area (Å²) < 4.78 is 0. The van der Waals surface area contributed by atoms with Crippen molar-refractivity contribution in [3.63, 3.8) is 0 Å². The highest BCUT2D eigenvalue weighted by molar-refractivity contribution is 5.24. The summed E-state index contributed by atoms with van der Waals surface area (Å²) >= 11 is 0. The number of aliphatic hydroxyl groups is 1. The Bertz CT molecular complexity index is 231. The Morgan fingerprint density at radius 3 is 3.00 bits per heavy atom. The Labute approximate surface area is 80.8 Å². The summed E-state index contributed by atoms with van der Waals surface area (Å²) in [6.45, 7) is 5.08. The maximum atomic E-state index is 9.36. The lowest BCUT2D eigenvalue weighted by Gasteiger charge is -2.41. The molecule has 0 aromatic heterocycles. The predicted octanol–water partition coefficient (Wildman–Crippen LogP) is 2.75. The van der Waals surface area contributed by atoms with Gasteiger partial charge >= 0.3 is 0 Å². The highest BCUT2D eigenvalue weighted by atomic mass is 16.3. The van der Waals surface area contributed by atoms with Crippen LogP contribution in [0, 0.1) is 17.3 Å². The van der Waals surface area contributed by atoms with Gasteiger partial charge in [0, 0.05) is 6.61 Å². The number of aliphatic hydroxyl groups excluding tert-OH is 1. The van der Waals surface area contributed by atoms with Crippen molar-refractivity contribution in [2.75, 3.05) is 6.61 Å². The second-order valence-corrected chi connectivity index (χ2v) is 4.91. The minimum atomic E-state index is 0.326. The topological polar surface area (TPSA) is 20.2 Å². The van der Waals surface area contributed by atoms with Crippen molar-refractivity contribution in [2.24, 2.45) is 17.3 Å². The average Bonchev–Trinajstić information content (AvgIpc) is 2.45. The average molecular weight is 180 g/mol. The van der Waals surface area contributed by atoms with Gasteiger partial charge in [0.05, 0.1) is 0 Å². The quantitative estimate of drug-likeness (QED) is 0.615. The summed E-state index contributed by atoms with van der Waals surface area (Å²) in [7, 11) is 0. The molecule has 0 saturated heterocycles. The molecule has 0 aromatic carbocycles. The molecule has 13 heavy (non-hydrogen) atoms. The molecule has 0 amide bonds. The molecule has 0 bridgehead atoms. The second kappa shape index (κ2) is 3.13. The fraction of sp³-hybridized carbons (Fsp3) is 0.833. The van der Waals surface area contributed by atoms with Crippen molar-refractivity contribution in [3.05, 3.63) is 11.6 Å². The van der Waals surface area contributed by atoms with Gasteiger partial charge in [-0.2, -0.15) is 0 Å². The number of allylic oxidation sites excluding steroid dienone is 2. The smallest absolute Gasteiger partial charge is 0.0467 e. The highest BCUT2D eigenvalue weighted by Crippen LogP contribution is 2.55. The van der Waals surface area contributed by atoms with Gasteiger partial charge in [-0.05, 0) is 42.9 Å². The first-order valence-electron chi connectivity index (χ1n) is 5.50. The third-order valence-electron chi connectivity index (χ3n) is 4.54. The molecule has 1 saturated carbocycles. The zero-order valence-corrected chi connectivity index (χ0v) is 8.71. The van der Waals surface area contributed by atoms with Crippen LogP contribution in [0.4, 0.5) is 0 Å². The van der Waals surface area contributed by atoms with Gasteiger partial charge in [0.25, 0.3) is 0 Å². The number of fused-ring (bicyclic) bond motifs is 1. The Morgan fingerprint density at radius 1 is 1.54 bits per heavy atom. The van der Waals surface area contributed by atoms with Crippen LogP contribution < -0.4 is 0 Å². The Morgan fingerprint density at radius 2 is 2.31 bits per heavy atom. The molecule has 0 aliphatic heterocycles. The van der Waals surface area contributed by atoms with E-state index in [4.69, 9.17) is 0 Å². The molecule has 0 heterocycles. The molecule has 0 aromatic rings. The molecule has 74 valence electrons. The lowest BCUT2D eigenvalue weighted by Crippen LogP contribution is -2.34. The van der Waals surface area contributed by atoms with Crippen LogP contribution >= 0.6 is 0 Å². The summed E-state index contributed by atoms with van der Waals surface area (Å²) in [5, 5.41) is 9.36. The molecular weight excluding hydrogens is 160 g/mol. The van der Waals surface area contributed by atoms with Crippen molar-refractivity contribution in [1.82, 2.24) is 0 Å². The Hall–Kier alpha value is -0.300. The van der Waals surface area contributed by atoms with Gasteiger partial charge in [-0.3, -0.25) is 0 Å². The molecule has 0 unspecified atom stereocenters. The van der Waals surface area contributed by atoms with Gasteiger partial charge < -0.3 is 5.11 Å². The van der Waals surface area contributed by atoms with Crippen LogP contribution in [0.3, 0.4) is 0 Å². The summed E-state index contributed by atoms with van der Waals surface area (Å²) in [5.41, 5.74) is 1.96. The van der Waals surface area contributed by atoms with E-state index in [9.17, 15) is 5.11 Å². The molecule has 1 fully saturated rings. The molecule has 1 heteroatoms. The largest absolute Gasteiger partial charge is 0.396 e. The normalized spacial score (nSPS) is 44.4. The maximum Gasteiger partial charge on any atom is 0.0467 e. The molecular formula is C12H20O. The highest BCUT2D eigenvalue weighted by Gasteiger charge is 2.46. The zero-order chi connectivity index (χ0) is 9.47. The van der Waals surface area contributed by atoms with E-state index in [1.54, 1.807) is 5.57 Å². The predicted molar refractivity (Wildman–Crippen MR) is 54.4 cm³/mol. The fourth-order valence-corrected chi connectivity index (χ4v) is 3.29. The standard InChI is InChI=1S/C12H20O/c1-9-4-3-5-10-6-7-11(8-13)12(9,10)2/h5,9,11,13H,3-4,6-8H2,1-2H3/t9-,11+,12+/m0/s1. The van der Waals surface area contributed by atoms with E-state index in [0.717, 1.165) is 5.92 Å². The van der Waals surface area contributed by atoms with Gasteiger partial charge in [0.2, 0.25) is 0 Å². The third kappa shape index (κ3) is 1.17. The fourth-order valence-electron chi connectivity index (χ4n) is 3.29. The first-order valence-corrected chi connectivity index (χ1v) is 5.50. The summed E-state index contributed by atoms with van der Waals surface area (Å²) in [4.78, 5) is 0. The number of hydrogen-bond acceptors (Lipinski definition) is 1. The van der Waals surface area contributed by atoms with Gasteiger partial charge in [-0.15, -0.1) is 0 Å². The molecule has 0 radical (unpaired) electrons. The summed E-state index contributed by atoms with van der Waals surface area (Å²) in [6, 6.07) is 0. The zero-order valence-electron chi connectivity index (χ0n) is 8.71. The van der Waals surface area contributed by atoms with Crippen molar-refractivity contribution >= 4 is 0 Å². The van der Waals surface area contributed by atoms with E-state index in [0.29, 0.717) is 17.9 Å². The SMILES string of the molecule is C[C@H]1CCC=C2CC[C@H](CO)[C@@]21C. The summed E-state index contributed by atoms with van der Waals surface area (Å²) in [6.07, 6.45) is 7.41. The molecule has 1 nitrogen and oxygen atoms in total. The van der Waals surface area contributed by atoms with E-state index in [-0.39, 0.29) is 0 Å². The molecule has 0 spiro atoms. The molecule has 2 aliphatic rings. The lowest BCUT2D eigenvalue weighted by atomic mass is 9.64. The van der Waals surface area contributed by atoms with E-state index < -0.39 is 0 Å². The van der Waals surface area contributed by atoms with Gasteiger partial charge in [0.1, 0.15) is 0 Å². The third-order valence-corrected chi connectivity index (χ3v) is 4.54. The van der Waals surface area contributed by atoms with E-state index in [2.05, 4.69) is 19.9 Å². The number of hydrogen-bond donors (Lipinski definition) is 1. The van der Waals surface area contributed by atoms with Crippen molar-refractivity contribution < 1.29 is 5.11 Å². The Kier molecular flexibility index (Phi) is 2.23. The lowest BCUT2D eigenvalue weighted by molar-refractivity contribution is 0.0976. The van der Waals surface area contributed by atoms with Crippen LogP contribution in [0.15, 0.2) is 11.6 Å². The van der Waals surface area contributed by atoms with Crippen LogP contribution in [-0.2, 0) is 0 Å². The maximum absolute atomic E-state index is 9.36. The van der Waals surface area contributed by atoms with Crippen molar-refractivity contribution in [3.8, 4) is 0 Å². The van der Waals surface area contributed by atoms with Crippen LogP contribution in [0.25, 0.3) is 0 Å². The molecule has 2 rings (SSSR count). The molecule has 2 aliphatic carbocycles. The Balaban J connectivity index is 2.33. The van der Waals surface area contributed by atoms with Gasteiger partial charge in [0.15, 0.2) is 0 Å². The van der Waals surface area contributed by atoms with E-state index in [1.165, 1.54) is 25.7 Å². The van der Waals surface area contributed by atoms with Crippen molar-refractivity contribution in [2.45, 2.75) is 39.5 Å². The summed E-state index contributed by atoms with van der Waals surface area (Å²) in [5.74, 6) is 1.28. The minimum Gasteiger partial charge on any atom is -0.396 e. The second-order valence-electron chi connectivity index (χ2n) is 4.91. The van der Waals surface area contributed by atoms with Crippen molar-refractivity contribution in [1.29, 1.82) is 0 Å². The molecule has 3 atom stereocenters. The van der Waals surface area contributed by atoms with Crippen LogP contribution in [0.1, 0.15) is 39.5 Å². The van der Waals surface area contributed by atoms with Crippen LogP contribution in [0.2, 0.25) is 0 Å². The van der Waals surface area contributed by atoms with Gasteiger partial charge in [-0.25, -0.2) is 0 Å². The molecule has 1 N–H and O–H groups in total. The monoisotopic (exact) mass is 180 g/mol. The first-order chi connectivity index (χ1) is 6.19. The van der Waals surface area contributed by atoms with Crippen LogP contribution in [0.5, 0.6) is 0 Å².